The van der Waals surface area contributed by atoms with Crippen LogP contribution in [0.4, 0.5) is 0 Å². The average molecular weight is 231 g/mol. The molecule has 0 aliphatic carbocycles. The Morgan fingerprint density at radius 1 is 1.40 bits per heavy atom. The second-order valence-corrected chi connectivity index (χ2v) is 5.88. The fourth-order valence-electron chi connectivity index (χ4n) is 1.97. The molecule has 1 saturated heterocycles. The van der Waals surface area contributed by atoms with Crippen molar-refractivity contribution in [2.75, 3.05) is 31.8 Å². The van der Waals surface area contributed by atoms with Crippen molar-refractivity contribution >= 4 is 11.8 Å². The topological polar surface area (TPSA) is 21.3 Å². The number of nitrogens with one attached hydrogen (secondary N) is 1. The normalized spacial score (nSPS) is 24.4. The monoisotopic (exact) mass is 231 g/mol. The van der Waals surface area contributed by atoms with Gasteiger partial charge in [-0.25, -0.2) is 0 Å². The first-order valence-electron chi connectivity index (χ1n) is 6.06. The van der Waals surface area contributed by atoms with E-state index in [0.717, 1.165) is 25.0 Å². The van der Waals surface area contributed by atoms with Crippen molar-refractivity contribution in [1.29, 1.82) is 0 Å². The smallest absolute Gasteiger partial charge is 0.0509 e. The standard InChI is InChI=1S/C12H25NOS/c1-10(2)8-15-9-12(13-3)11-5-4-6-14-7-11/h10-13H,4-9H2,1-3H3. The highest BCUT2D eigenvalue weighted by molar-refractivity contribution is 7.99. The minimum Gasteiger partial charge on any atom is -0.381 e. The van der Waals surface area contributed by atoms with Gasteiger partial charge in [0.1, 0.15) is 0 Å². The molecular formula is C12H25NOS. The Hall–Kier alpha value is 0.270. The molecule has 1 N–H and O–H groups in total. The van der Waals surface area contributed by atoms with Crippen LogP contribution < -0.4 is 5.32 Å². The lowest BCUT2D eigenvalue weighted by Gasteiger charge is -2.30. The lowest BCUT2D eigenvalue weighted by molar-refractivity contribution is 0.0437. The van der Waals surface area contributed by atoms with Gasteiger partial charge in [0.05, 0.1) is 6.61 Å². The van der Waals surface area contributed by atoms with Gasteiger partial charge in [-0.15, -0.1) is 0 Å². The van der Waals surface area contributed by atoms with E-state index in [4.69, 9.17) is 4.74 Å². The van der Waals surface area contributed by atoms with E-state index in [-0.39, 0.29) is 0 Å². The van der Waals surface area contributed by atoms with E-state index in [1.165, 1.54) is 24.3 Å². The van der Waals surface area contributed by atoms with Crippen molar-refractivity contribution in [2.24, 2.45) is 11.8 Å². The number of hydrogen-bond acceptors (Lipinski definition) is 3. The highest BCUT2D eigenvalue weighted by Gasteiger charge is 2.22. The molecule has 90 valence electrons. The van der Waals surface area contributed by atoms with Gasteiger partial charge in [0.25, 0.3) is 0 Å². The molecule has 1 fully saturated rings. The van der Waals surface area contributed by atoms with Crippen LogP contribution in [0.5, 0.6) is 0 Å². The zero-order chi connectivity index (χ0) is 11.1. The fourth-order valence-corrected chi connectivity index (χ4v) is 3.27. The summed E-state index contributed by atoms with van der Waals surface area (Å²) >= 11 is 2.07. The molecule has 2 unspecified atom stereocenters. The maximum atomic E-state index is 5.54. The van der Waals surface area contributed by atoms with Crippen LogP contribution in [0.15, 0.2) is 0 Å². The zero-order valence-electron chi connectivity index (χ0n) is 10.3. The molecular weight excluding hydrogens is 206 g/mol. The van der Waals surface area contributed by atoms with Crippen molar-refractivity contribution in [3.8, 4) is 0 Å². The molecule has 1 rings (SSSR count). The first kappa shape index (κ1) is 13.3. The third-order valence-electron chi connectivity index (χ3n) is 2.88. The summed E-state index contributed by atoms with van der Waals surface area (Å²) in [6.07, 6.45) is 2.56. The summed E-state index contributed by atoms with van der Waals surface area (Å²) < 4.78 is 5.54. The predicted molar refractivity (Wildman–Crippen MR) is 68.6 cm³/mol. The maximum Gasteiger partial charge on any atom is 0.0509 e. The largest absolute Gasteiger partial charge is 0.381 e. The Bertz CT molecular complexity index is 158. The number of thioether (sulfide) groups is 1. The second kappa shape index (κ2) is 7.53. The van der Waals surface area contributed by atoms with Gasteiger partial charge in [-0.05, 0) is 37.5 Å². The van der Waals surface area contributed by atoms with Crippen LogP contribution in [0.3, 0.4) is 0 Å². The van der Waals surface area contributed by atoms with Crippen LogP contribution in [0.2, 0.25) is 0 Å². The summed E-state index contributed by atoms with van der Waals surface area (Å²) in [5.74, 6) is 4.02. The first-order chi connectivity index (χ1) is 7.24. The van der Waals surface area contributed by atoms with Crippen LogP contribution in [0.1, 0.15) is 26.7 Å². The highest BCUT2D eigenvalue weighted by atomic mass is 32.2. The molecule has 0 aromatic carbocycles. The summed E-state index contributed by atoms with van der Waals surface area (Å²) in [5.41, 5.74) is 0. The minimum atomic E-state index is 0.633. The van der Waals surface area contributed by atoms with Crippen LogP contribution in [-0.2, 0) is 4.74 Å². The molecule has 0 spiro atoms. The Balaban J connectivity index is 2.21. The predicted octanol–water partition coefficient (Wildman–Crippen LogP) is 2.39. The third-order valence-corrected chi connectivity index (χ3v) is 4.38. The Morgan fingerprint density at radius 2 is 2.20 bits per heavy atom. The summed E-state index contributed by atoms with van der Waals surface area (Å²) in [6.45, 7) is 6.48. The lowest BCUT2D eigenvalue weighted by atomic mass is 9.95. The quantitative estimate of drug-likeness (QED) is 0.758. The van der Waals surface area contributed by atoms with Crippen molar-refractivity contribution in [3.63, 3.8) is 0 Å². The van der Waals surface area contributed by atoms with Gasteiger partial charge in [0.15, 0.2) is 0 Å². The maximum absolute atomic E-state index is 5.54. The van der Waals surface area contributed by atoms with Gasteiger partial charge >= 0.3 is 0 Å². The summed E-state index contributed by atoms with van der Waals surface area (Å²) in [7, 11) is 2.08. The van der Waals surface area contributed by atoms with Crippen LogP contribution in [0, 0.1) is 11.8 Å². The number of rotatable bonds is 6. The second-order valence-electron chi connectivity index (χ2n) is 4.80. The molecule has 3 heteroatoms. The molecule has 0 radical (unpaired) electrons. The summed E-state index contributed by atoms with van der Waals surface area (Å²) in [5, 5.41) is 3.44. The molecule has 1 aliphatic rings. The zero-order valence-corrected chi connectivity index (χ0v) is 11.1. The van der Waals surface area contributed by atoms with Crippen molar-refractivity contribution < 1.29 is 4.74 Å². The molecule has 2 atom stereocenters. The Morgan fingerprint density at radius 3 is 2.73 bits per heavy atom. The van der Waals surface area contributed by atoms with Crippen molar-refractivity contribution in [3.05, 3.63) is 0 Å². The van der Waals surface area contributed by atoms with Gasteiger partial charge in [-0.1, -0.05) is 13.8 Å². The Kier molecular flexibility index (Phi) is 6.69. The average Bonchev–Trinajstić information content (AvgIpc) is 2.25. The highest BCUT2D eigenvalue weighted by Crippen LogP contribution is 2.21. The van der Waals surface area contributed by atoms with E-state index in [9.17, 15) is 0 Å². The first-order valence-corrected chi connectivity index (χ1v) is 7.22. The van der Waals surface area contributed by atoms with E-state index in [1.807, 2.05) is 0 Å². The third kappa shape index (κ3) is 5.23. The molecule has 2 nitrogen and oxygen atoms in total. The Labute approximate surface area is 98.5 Å². The fraction of sp³-hybridized carbons (Fsp3) is 1.00. The molecule has 0 aromatic rings. The molecule has 1 heterocycles. The molecule has 0 aromatic heterocycles. The van der Waals surface area contributed by atoms with Gasteiger partial charge in [0.2, 0.25) is 0 Å². The molecule has 0 amide bonds. The van der Waals surface area contributed by atoms with Crippen LogP contribution in [-0.4, -0.2) is 37.8 Å². The van der Waals surface area contributed by atoms with E-state index < -0.39 is 0 Å². The molecule has 0 saturated carbocycles. The van der Waals surface area contributed by atoms with Crippen molar-refractivity contribution in [1.82, 2.24) is 5.32 Å². The van der Waals surface area contributed by atoms with E-state index in [2.05, 4.69) is 38.0 Å². The van der Waals surface area contributed by atoms with Gasteiger partial charge < -0.3 is 10.1 Å². The summed E-state index contributed by atoms with van der Waals surface area (Å²) in [4.78, 5) is 0. The van der Waals surface area contributed by atoms with Crippen LogP contribution in [0.25, 0.3) is 0 Å². The number of hydrogen-bond donors (Lipinski definition) is 1. The lowest BCUT2D eigenvalue weighted by Crippen LogP contribution is -2.40. The molecule has 15 heavy (non-hydrogen) atoms. The van der Waals surface area contributed by atoms with E-state index in [0.29, 0.717) is 6.04 Å². The van der Waals surface area contributed by atoms with Gasteiger partial charge in [-0.3, -0.25) is 0 Å². The van der Waals surface area contributed by atoms with Crippen LogP contribution >= 0.6 is 11.8 Å². The molecule has 1 aliphatic heterocycles. The van der Waals surface area contributed by atoms with Crippen molar-refractivity contribution in [2.45, 2.75) is 32.7 Å². The molecule has 0 bridgehead atoms. The van der Waals surface area contributed by atoms with E-state index in [1.54, 1.807) is 0 Å². The number of ether oxygens (including phenoxy) is 1. The van der Waals surface area contributed by atoms with E-state index >= 15 is 0 Å². The summed E-state index contributed by atoms with van der Waals surface area (Å²) in [6, 6.07) is 0.633. The SMILES string of the molecule is CNC(CSCC(C)C)C1CCCOC1. The van der Waals surface area contributed by atoms with Gasteiger partial charge in [0, 0.05) is 18.4 Å². The minimum absolute atomic E-state index is 0.633. The van der Waals surface area contributed by atoms with Gasteiger partial charge in [-0.2, -0.15) is 11.8 Å².